The van der Waals surface area contributed by atoms with Gasteiger partial charge in [0.2, 0.25) is 11.8 Å². The largest absolute Gasteiger partial charge is 0.394 e. The van der Waals surface area contributed by atoms with Crippen molar-refractivity contribution in [3.8, 4) is 0 Å². The molecule has 3 aliphatic heterocycles. The second-order valence-electron chi connectivity index (χ2n) is 13.6. The van der Waals surface area contributed by atoms with E-state index < -0.39 is 28.7 Å². The molecule has 0 aliphatic carbocycles. The molecule has 6 rings (SSSR count). The summed E-state index contributed by atoms with van der Waals surface area (Å²) in [6, 6.07) is 22.1. The minimum Gasteiger partial charge on any atom is -0.394 e. The number of hydrogen-bond donors (Lipinski definition) is 1. The second kappa shape index (κ2) is 13.3. The molecule has 3 unspecified atom stereocenters. The third kappa shape index (κ3) is 5.49. The van der Waals surface area contributed by atoms with Crippen LogP contribution in [0.1, 0.15) is 33.6 Å². The van der Waals surface area contributed by atoms with Crippen LogP contribution in [0.15, 0.2) is 98.1 Å². The summed E-state index contributed by atoms with van der Waals surface area (Å²) in [5, 5.41) is 12.8. The number of amides is 3. The molecule has 3 aliphatic rings. The third-order valence-corrected chi connectivity index (χ3v) is 12.4. The molecule has 3 heterocycles. The second-order valence-corrected chi connectivity index (χ2v) is 15.2. The van der Waals surface area contributed by atoms with Crippen molar-refractivity contribution in [2.45, 2.75) is 55.7 Å². The fourth-order valence-corrected chi connectivity index (χ4v) is 10.8. The molecule has 0 aromatic heterocycles. The average molecular weight is 652 g/mol. The minimum atomic E-state index is -0.852. The maximum atomic E-state index is 15.2. The monoisotopic (exact) mass is 651 g/mol. The van der Waals surface area contributed by atoms with Crippen LogP contribution in [0.3, 0.4) is 0 Å². The highest BCUT2D eigenvalue weighted by atomic mass is 32.2. The highest BCUT2D eigenvalue weighted by Gasteiger charge is 2.77. The Labute approximate surface area is 282 Å². The summed E-state index contributed by atoms with van der Waals surface area (Å²) in [5.74, 6) is -1.63. The predicted molar refractivity (Wildman–Crippen MR) is 191 cm³/mol. The van der Waals surface area contributed by atoms with Crippen LogP contribution in [0.2, 0.25) is 0 Å². The summed E-state index contributed by atoms with van der Waals surface area (Å²) in [7, 11) is 0. The predicted octanol–water partition coefficient (Wildman–Crippen LogP) is 6.32. The molecular weight excluding hydrogens is 607 g/mol. The minimum absolute atomic E-state index is 0.000364. The SMILES string of the molecule is C=CCN(C(=O)C1N([C@@H](CO)CC(C)C)C(=O)[C@@H]2[C@@H](C(=O)N(CC=C)c3ccccc3)[C@H]3CC(C)C12S3)c1ccc2ccccc2c1. The summed E-state index contributed by atoms with van der Waals surface area (Å²) in [6.07, 6.45) is 4.69. The zero-order valence-corrected chi connectivity index (χ0v) is 28.3. The van der Waals surface area contributed by atoms with Crippen molar-refractivity contribution in [3.05, 3.63) is 98.1 Å². The number of rotatable bonds is 12. The molecule has 47 heavy (non-hydrogen) atoms. The molecule has 3 fully saturated rings. The molecular formula is C39H45N3O4S. The van der Waals surface area contributed by atoms with Gasteiger partial charge in [0.05, 0.1) is 29.2 Å². The number of nitrogens with zero attached hydrogens (tertiary/aromatic N) is 3. The van der Waals surface area contributed by atoms with Crippen LogP contribution in [0, 0.1) is 23.7 Å². The van der Waals surface area contributed by atoms with E-state index in [1.165, 1.54) is 0 Å². The van der Waals surface area contributed by atoms with Crippen molar-refractivity contribution < 1.29 is 19.5 Å². The summed E-state index contributed by atoms with van der Waals surface area (Å²) in [5.41, 5.74) is 1.48. The van der Waals surface area contributed by atoms with E-state index in [-0.39, 0.29) is 48.0 Å². The van der Waals surface area contributed by atoms with E-state index in [4.69, 9.17) is 0 Å². The average Bonchev–Trinajstić information content (AvgIpc) is 3.68. The van der Waals surface area contributed by atoms with E-state index in [1.807, 2.05) is 72.8 Å². The quantitative estimate of drug-likeness (QED) is 0.232. The molecule has 3 aromatic carbocycles. The Morgan fingerprint density at radius 1 is 0.957 bits per heavy atom. The van der Waals surface area contributed by atoms with Crippen LogP contribution in [-0.4, -0.2) is 69.5 Å². The number of carbonyl (C=O) groups excluding carboxylic acids is 3. The van der Waals surface area contributed by atoms with E-state index in [0.29, 0.717) is 13.0 Å². The summed E-state index contributed by atoms with van der Waals surface area (Å²) < 4.78 is -0.823. The smallest absolute Gasteiger partial charge is 0.251 e. The van der Waals surface area contributed by atoms with Gasteiger partial charge in [-0.15, -0.1) is 24.9 Å². The van der Waals surface area contributed by atoms with Gasteiger partial charge in [-0.05, 0) is 59.7 Å². The molecule has 1 spiro atoms. The lowest BCUT2D eigenvalue weighted by Gasteiger charge is -2.42. The Kier molecular flexibility index (Phi) is 9.36. The number of fused-ring (bicyclic) bond motifs is 2. The lowest BCUT2D eigenvalue weighted by atomic mass is 9.65. The maximum absolute atomic E-state index is 15.2. The molecule has 3 aromatic rings. The Hall–Kier alpha value is -3.88. The maximum Gasteiger partial charge on any atom is 0.251 e. The van der Waals surface area contributed by atoms with E-state index in [1.54, 1.807) is 38.6 Å². The number of aliphatic hydroxyl groups is 1. The van der Waals surface area contributed by atoms with Gasteiger partial charge in [0.1, 0.15) is 6.04 Å². The number of thioether (sulfide) groups is 1. The highest BCUT2D eigenvalue weighted by Crippen LogP contribution is 2.69. The zero-order chi connectivity index (χ0) is 33.5. The van der Waals surface area contributed by atoms with Crippen LogP contribution in [0.4, 0.5) is 11.4 Å². The van der Waals surface area contributed by atoms with Gasteiger partial charge in [0.15, 0.2) is 0 Å². The lowest BCUT2D eigenvalue weighted by molar-refractivity contribution is -0.142. The molecule has 7 atom stereocenters. The van der Waals surface area contributed by atoms with E-state index in [0.717, 1.165) is 28.6 Å². The molecule has 1 N–H and O–H groups in total. The molecule has 8 heteroatoms. The van der Waals surface area contributed by atoms with Gasteiger partial charge >= 0.3 is 0 Å². The van der Waals surface area contributed by atoms with Crippen LogP contribution in [0.25, 0.3) is 10.8 Å². The lowest BCUT2D eigenvalue weighted by Crippen LogP contribution is -2.59. The third-order valence-electron chi connectivity index (χ3n) is 10.3. The van der Waals surface area contributed by atoms with Gasteiger partial charge in [0.25, 0.3) is 5.91 Å². The van der Waals surface area contributed by atoms with Gasteiger partial charge < -0.3 is 19.8 Å². The standard InChI is InChI=1S/C39H45N3O4S/c1-6-19-40(29-15-9-8-10-16-29)36(44)33-32-22-26(5)39(47-32)34(33)37(45)42(31(24-43)21-25(3)4)35(39)38(46)41(20-7-2)30-18-17-27-13-11-12-14-28(27)23-30/h6-18,23,25-26,31-35,43H,1-2,19-22,24H2,3-5H3/t26?,31-,32-,33+,34+,35?,39?/m1/s1. The first-order valence-corrected chi connectivity index (χ1v) is 17.5. The topological polar surface area (TPSA) is 81.2 Å². The van der Waals surface area contributed by atoms with Crippen molar-refractivity contribution in [1.29, 1.82) is 0 Å². The highest BCUT2D eigenvalue weighted by molar-refractivity contribution is 8.02. The number of likely N-dealkylation sites (tertiary alicyclic amines) is 1. The normalized spacial score (nSPS) is 26.8. The van der Waals surface area contributed by atoms with Crippen molar-refractivity contribution in [2.24, 2.45) is 23.7 Å². The van der Waals surface area contributed by atoms with Gasteiger partial charge in [-0.25, -0.2) is 0 Å². The first-order chi connectivity index (χ1) is 22.7. The Morgan fingerprint density at radius 3 is 2.23 bits per heavy atom. The van der Waals surface area contributed by atoms with E-state index in [9.17, 15) is 14.7 Å². The van der Waals surface area contributed by atoms with Gasteiger partial charge in [0, 0.05) is 29.7 Å². The van der Waals surface area contributed by atoms with Crippen LogP contribution < -0.4 is 9.80 Å². The van der Waals surface area contributed by atoms with Crippen molar-refractivity contribution in [3.63, 3.8) is 0 Å². The fourth-order valence-electron chi connectivity index (χ4n) is 8.42. The summed E-state index contributed by atoms with van der Waals surface area (Å²) >= 11 is 1.66. The Bertz CT molecular complexity index is 1680. The van der Waals surface area contributed by atoms with Crippen LogP contribution in [0.5, 0.6) is 0 Å². The first-order valence-electron chi connectivity index (χ1n) is 16.7. The summed E-state index contributed by atoms with van der Waals surface area (Å²) in [4.78, 5) is 50.0. The van der Waals surface area contributed by atoms with Gasteiger partial charge in [-0.1, -0.05) is 81.5 Å². The molecule has 3 amide bonds. The van der Waals surface area contributed by atoms with Crippen LogP contribution in [-0.2, 0) is 14.4 Å². The first kappa shape index (κ1) is 33.0. The Morgan fingerprint density at radius 2 is 1.60 bits per heavy atom. The summed E-state index contributed by atoms with van der Waals surface area (Å²) in [6.45, 7) is 14.4. The van der Waals surface area contributed by atoms with Crippen LogP contribution >= 0.6 is 11.8 Å². The molecule has 0 radical (unpaired) electrons. The molecule has 7 nitrogen and oxygen atoms in total. The molecule has 3 saturated heterocycles. The van der Waals surface area contributed by atoms with Crippen molar-refractivity contribution in [1.82, 2.24) is 4.90 Å². The molecule has 246 valence electrons. The number of anilines is 2. The zero-order valence-electron chi connectivity index (χ0n) is 27.5. The van der Waals surface area contributed by atoms with Crippen molar-refractivity contribution >= 4 is 51.6 Å². The number of carbonyl (C=O) groups is 3. The molecule has 0 saturated carbocycles. The fraction of sp³-hybridized carbons (Fsp3) is 0.410. The number of aliphatic hydroxyl groups excluding tert-OH is 1. The number of para-hydroxylation sites is 1. The van der Waals surface area contributed by atoms with E-state index >= 15 is 4.79 Å². The number of benzene rings is 3. The van der Waals surface area contributed by atoms with E-state index in [2.05, 4.69) is 33.9 Å². The van der Waals surface area contributed by atoms with Gasteiger partial charge in [-0.3, -0.25) is 14.4 Å². The number of hydrogen-bond acceptors (Lipinski definition) is 5. The Balaban J connectivity index is 1.47. The van der Waals surface area contributed by atoms with Crippen molar-refractivity contribution in [2.75, 3.05) is 29.5 Å². The molecule has 2 bridgehead atoms. The van der Waals surface area contributed by atoms with Gasteiger partial charge in [-0.2, -0.15) is 0 Å².